The summed E-state index contributed by atoms with van der Waals surface area (Å²) in [5.74, 6) is -1.11. The van der Waals surface area contributed by atoms with Crippen LogP contribution in [0.25, 0.3) is 21.6 Å². The molecule has 0 spiro atoms. The van der Waals surface area contributed by atoms with E-state index in [-0.39, 0.29) is 60.5 Å². The number of amides is 1. The van der Waals surface area contributed by atoms with Crippen LogP contribution in [0, 0.1) is 0 Å². The van der Waals surface area contributed by atoms with Crippen LogP contribution in [0.1, 0.15) is 37.3 Å². The van der Waals surface area contributed by atoms with Crippen molar-refractivity contribution >= 4 is 77.8 Å². The van der Waals surface area contributed by atoms with E-state index in [4.69, 9.17) is 50.7 Å². The number of phosphoric ester groups is 2. The van der Waals surface area contributed by atoms with Gasteiger partial charge >= 0.3 is 33.4 Å². The number of hydrogen-bond acceptors (Lipinski definition) is 23. The highest BCUT2D eigenvalue weighted by Crippen LogP contribution is 2.50. The number of azide groups is 1. The molecule has 0 aliphatic carbocycles. The van der Waals surface area contributed by atoms with Crippen molar-refractivity contribution in [3.05, 3.63) is 75.7 Å². The van der Waals surface area contributed by atoms with Gasteiger partial charge in [-0.15, -0.1) is 0 Å². The average molecular weight is 1020 g/mol. The number of carbonyl (C=O) groups is 2. The maximum Gasteiger partial charge on any atom is 0.472 e. The number of carbonyl (C=O) groups excluding carboxylic acids is 2. The molecule has 0 bridgehead atoms. The number of nitrogens with two attached hydrogens (primary N) is 3. The largest absolute Gasteiger partial charge is 0.472 e. The fourth-order valence-corrected chi connectivity index (χ4v) is 10.1. The van der Waals surface area contributed by atoms with Gasteiger partial charge in [-0.25, -0.2) is 33.7 Å². The molecule has 1 amide bonds. The van der Waals surface area contributed by atoms with Gasteiger partial charge in [-0.05, 0) is 36.3 Å². The molecule has 10 atom stereocenters. The standard InChI is InChI=1S/C34H45N13O16P2S2/c1-66-67-18(11-39-34(51)57-12-17-4-2-3-5-20(17)44-45-38)6-7-19(35)32(49)62-28-23(61-31(27(28)48)47-16-42-26-29(37)40-15-41-30(26)47)14-59-65(55,56)63-21-10-25(46-9-8-24(36)43-33(46)50)60-22(21)13-58-64(52,53)54/h2-5,8-9,15-16,18-19,21-23,25,27-28,31,48H,6-7,10-14,35H2,1H3,(H,39,51)(H,55,56)(H2,36,43,50)(H2,37,40,41)(H2,52,53,54)/t18-,19-,21+,22-,23?,25-,27?,28?,31?/m1/s1. The van der Waals surface area contributed by atoms with Gasteiger partial charge < -0.3 is 61.3 Å². The quantitative estimate of drug-likeness (QED) is 0.0139. The monoisotopic (exact) mass is 1020 g/mol. The van der Waals surface area contributed by atoms with Crippen molar-refractivity contribution in [3.8, 4) is 0 Å². The lowest BCUT2D eigenvalue weighted by molar-refractivity contribution is -0.158. The van der Waals surface area contributed by atoms with Crippen LogP contribution in [0.4, 0.5) is 22.1 Å². The van der Waals surface area contributed by atoms with Crippen LogP contribution in [-0.2, 0) is 53.1 Å². The van der Waals surface area contributed by atoms with Gasteiger partial charge in [0.2, 0.25) is 0 Å². The van der Waals surface area contributed by atoms with Crippen molar-refractivity contribution in [3.63, 3.8) is 0 Å². The molecule has 67 heavy (non-hydrogen) atoms. The van der Waals surface area contributed by atoms with Crippen molar-refractivity contribution in [1.82, 2.24) is 34.4 Å². The normalized spacial score (nSPS) is 23.5. The maximum absolute atomic E-state index is 13.6. The number of rotatable bonds is 22. The Kier molecular flexibility index (Phi) is 17.6. The van der Waals surface area contributed by atoms with Gasteiger partial charge in [0.1, 0.15) is 61.0 Å². The second-order valence-electron chi connectivity index (χ2n) is 14.5. The van der Waals surface area contributed by atoms with E-state index >= 15 is 0 Å². The second kappa shape index (κ2) is 22.9. The summed E-state index contributed by atoms with van der Waals surface area (Å²) in [6, 6.07) is 6.57. The fourth-order valence-electron chi connectivity index (χ4n) is 6.80. The maximum atomic E-state index is 13.6. The molecule has 3 aromatic heterocycles. The Morgan fingerprint density at radius 2 is 1.84 bits per heavy atom. The molecule has 2 aliphatic heterocycles. The molecule has 5 unspecified atom stereocenters. The Bertz CT molecular complexity index is 2590. The first-order chi connectivity index (χ1) is 31.9. The van der Waals surface area contributed by atoms with Crippen molar-refractivity contribution in [1.29, 1.82) is 0 Å². The smallest absolute Gasteiger partial charge is 0.455 e. The summed E-state index contributed by atoms with van der Waals surface area (Å²) in [6.07, 6.45) is -5.80. The molecule has 33 heteroatoms. The summed E-state index contributed by atoms with van der Waals surface area (Å²) in [5.41, 5.74) is 26.8. The SMILES string of the molecule is CSS[C@H](CC[C@@H](N)C(=O)OC1C(COP(=O)(O)O[C@H]2C[C@H](n3ccc(N)nc3=O)O[C@@H]2COP(=O)(O)O)OC(n2cnc3c(N)ncnc32)C1O)CNC(=O)OCc1ccccc1N=[N+]=[N-]. The fraction of sp³-hybridized carbons (Fsp3) is 0.500. The molecular formula is C34H45N13O16P2S2. The number of fused-ring (bicyclic) bond motifs is 1. The number of alkyl carbamates (subject to hydrolysis) is 1. The number of nitrogens with one attached hydrogen (secondary N) is 1. The van der Waals surface area contributed by atoms with Crippen LogP contribution < -0.4 is 28.2 Å². The van der Waals surface area contributed by atoms with Crippen molar-refractivity contribution < 1.29 is 71.0 Å². The van der Waals surface area contributed by atoms with Gasteiger partial charge in [0.25, 0.3) is 0 Å². The molecule has 0 saturated carbocycles. The minimum Gasteiger partial charge on any atom is -0.455 e. The van der Waals surface area contributed by atoms with Gasteiger partial charge in [-0.2, -0.15) is 4.98 Å². The van der Waals surface area contributed by atoms with E-state index < -0.39 is 95.6 Å². The zero-order valence-corrected chi connectivity index (χ0v) is 38.3. The van der Waals surface area contributed by atoms with E-state index in [9.17, 15) is 43.3 Å². The summed E-state index contributed by atoms with van der Waals surface area (Å²) >= 11 is 0. The Hall–Kier alpha value is -4.94. The van der Waals surface area contributed by atoms with Crippen LogP contribution in [0.5, 0.6) is 0 Å². The Balaban J connectivity index is 1.11. The summed E-state index contributed by atoms with van der Waals surface area (Å²) in [7, 11) is -7.50. The number of hydrogen-bond donors (Lipinski definition) is 8. The highest BCUT2D eigenvalue weighted by molar-refractivity contribution is 8.76. The predicted octanol–water partition coefficient (Wildman–Crippen LogP) is 1.67. The van der Waals surface area contributed by atoms with Crippen LogP contribution in [-0.4, -0.2) is 129 Å². The second-order valence-corrected chi connectivity index (χ2v) is 19.9. The number of anilines is 2. The van der Waals surface area contributed by atoms with Crippen LogP contribution in [0.2, 0.25) is 0 Å². The van der Waals surface area contributed by atoms with E-state index in [1.165, 1.54) is 44.7 Å². The van der Waals surface area contributed by atoms with Gasteiger partial charge in [0.15, 0.2) is 23.8 Å². The minimum absolute atomic E-state index is 0.00151. The summed E-state index contributed by atoms with van der Waals surface area (Å²) in [5, 5.41) is 17.6. The lowest BCUT2D eigenvalue weighted by atomic mass is 10.1. The first-order valence-electron chi connectivity index (χ1n) is 19.7. The Morgan fingerprint density at radius 3 is 2.57 bits per heavy atom. The highest BCUT2D eigenvalue weighted by atomic mass is 33.1. The first kappa shape index (κ1) is 51.5. The molecule has 0 radical (unpaired) electrons. The summed E-state index contributed by atoms with van der Waals surface area (Å²) < 4.78 is 65.3. The van der Waals surface area contributed by atoms with Crippen molar-refractivity contribution in [2.24, 2.45) is 10.8 Å². The number of ether oxygens (including phenoxy) is 4. The predicted molar refractivity (Wildman–Crippen MR) is 235 cm³/mol. The third-order valence-electron chi connectivity index (χ3n) is 9.95. The number of esters is 1. The van der Waals surface area contributed by atoms with Crippen LogP contribution in [0.15, 0.2) is 59.1 Å². The number of benzene rings is 1. The third-order valence-corrected chi connectivity index (χ3v) is 13.7. The van der Waals surface area contributed by atoms with Gasteiger partial charge in [-0.1, -0.05) is 51.0 Å². The number of aliphatic hydroxyl groups is 1. The minimum atomic E-state index is -5.22. The van der Waals surface area contributed by atoms with Gasteiger partial charge in [0.05, 0.1) is 19.5 Å². The molecule has 2 aliphatic rings. The van der Waals surface area contributed by atoms with Crippen molar-refractivity contribution in [2.75, 3.05) is 37.5 Å². The zero-order valence-electron chi connectivity index (χ0n) is 34.9. The number of aliphatic hydroxyl groups excluding tert-OH is 1. The molecular weight excluding hydrogens is 973 g/mol. The van der Waals surface area contributed by atoms with E-state index in [1.54, 1.807) is 24.3 Å². The van der Waals surface area contributed by atoms with Crippen LogP contribution >= 0.6 is 37.2 Å². The lowest BCUT2D eigenvalue weighted by Crippen LogP contribution is -2.43. The van der Waals surface area contributed by atoms with E-state index in [0.29, 0.717) is 11.3 Å². The number of imidazole rings is 1. The number of nitrogen functional groups attached to an aromatic ring is 2. The molecule has 29 nitrogen and oxygen atoms in total. The molecule has 2 fully saturated rings. The molecule has 2 saturated heterocycles. The number of nitrogens with zero attached hydrogens (tertiary/aromatic N) is 9. The first-order valence-corrected chi connectivity index (χ1v) is 25.3. The van der Waals surface area contributed by atoms with E-state index in [1.807, 2.05) is 6.26 Å². The molecule has 1 aromatic carbocycles. The van der Waals surface area contributed by atoms with E-state index in [2.05, 4.69) is 39.8 Å². The summed E-state index contributed by atoms with van der Waals surface area (Å²) in [4.78, 5) is 86.8. The lowest BCUT2D eigenvalue weighted by Gasteiger charge is -2.25. The highest BCUT2D eigenvalue weighted by Gasteiger charge is 2.50. The van der Waals surface area contributed by atoms with Gasteiger partial charge in [-0.3, -0.25) is 27.5 Å². The Labute approximate surface area is 386 Å². The van der Waals surface area contributed by atoms with Crippen LogP contribution in [0.3, 0.4) is 0 Å². The third kappa shape index (κ3) is 13.8. The molecule has 6 rings (SSSR count). The van der Waals surface area contributed by atoms with Crippen molar-refractivity contribution in [2.45, 2.75) is 80.1 Å². The molecule has 4 aromatic rings. The molecule has 11 N–H and O–H groups in total. The Morgan fingerprint density at radius 1 is 1.07 bits per heavy atom. The van der Waals surface area contributed by atoms with Gasteiger partial charge in [0, 0.05) is 35.0 Å². The zero-order chi connectivity index (χ0) is 48.5. The van der Waals surface area contributed by atoms with E-state index in [0.717, 1.165) is 10.9 Å². The number of aromatic nitrogens is 6. The average Bonchev–Trinajstić information content (AvgIpc) is 3.97. The molecule has 364 valence electrons. The number of phosphoric acid groups is 2. The topological polar surface area (TPSA) is 431 Å². The summed E-state index contributed by atoms with van der Waals surface area (Å²) in [6.45, 7) is -1.79. The molecule has 5 heterocycles.